The number of hydrogen-bond acceptors (Lipinski definition) is 2. The standard InChI is InChI=1S/C16H16ClNO/c1-10-3-2-4-11(7-10)16-9-14(18)13-8-12(17)5-6-15(13)19-16/h2-8,14,16H,9,18H2,1H3/t14-,16?/m1/s1. The van der Waals surface area contributed by atoms with Crippen molar-refractivity contribution in [2.75, 3.05) is 0 Å². The number of rotatable bonds is 1. The maximum Gasteiger partial charge on any atom is 0.126 e. The van der Waals surface area contributed by atoms with Gasteiger partial charge in [-0.2, -0.15) is 0 Å². The summed E-state index contributed by atoms with van der Waals surface area (Å²) >= 11 is 6.01. The third kappa shape index (κ3) is 2.46. The molecule has 0 amide bonds. The lowest BCUT2D eigenvalue weighted by Crippen LogP contribution is -2.24. The van der Waals surface area contributed by atoms with Crippen LogP contribution in [0, 0.1) is 6.92 Å². The monoisotopic (exact) mass is 273 g/mol. The number of halogens is 1. The van der Waals surface area contributed by atoms with Crippen molar-refractivity contribution in [2.24, 2.45) is 5.73 Å². The fraction of sp³-hybridized carbons (Fsp3) is 0.250. The highest BCUT2D eigenvalue weighted by Gasteiger charge is 2.27. The fourth-order valence-electron chi connectivity index (χ4n) is 2.55. The lowest BCUT2D eigenvalue weighted by molar-refractivity contribution is 0.161. The van der Waals surface area contributed by atoms with Gasteiger partial charge >= 0.3 is 0 Å². The second kappa shape index (κ2) is 4.87. The molecule has 1 aliphatic rings. The molecule has 0 aromatic heterocycles. The predicted octanol–water partition coefficient (Wildman–Crippen LogP) is 4.17. The molecule has 0 fully saturated rings. The minimum atomic E-state index is -0.0343. The number of hydrogen-bond donors (Lipinski definition) is 1. The molecule has 98 valence electrons. The minimum absolute atomic E-state index is 0.0172. The molecule has 0 bridgehead atoms. The Morgan fingerprint density at radius 2 is 2.05 bits per heavy atom. The van der Waals surface area contributed by atoms with E-state index in [0.29, 0.717) is 5.02 Å². The van der Waals surface area contributed by atoms with E-state index >= 15 is 0 Å². The molecule has 2 nitrogen and oxygen atoms in total. The molecule has 2 N–H and O–H groups in total. The van der Waals surface area contributed by atoms with E-state index in [2.05, 4.69) is 31.2 Å². The molecular formula is C16H16ClNO. The summed E-state index contributed by atoms with van der Waals surface area (Å²) in [7, 11) is 0. The Morgan fingerprint density at radius 3 is 2.84 bits per heavy atom. The summed E-state index contributed by atoms with van der Waals surface area (Å²) in [6, 6.07) is 14.0. The Balaban J connectivity index is 1.95. The van der Waals surface area contributed by atoms with Gasteiger partial charge in [-0.05, 0) is 30.7 Å². The van der Waals surface area contributed by atoms with E-state index in [1.807, 2.05) is 18.2 Å². The van der Waals surface area contributed by atoms with Crippen LogP contribution in [0.25, 0.3) is 0 Å². The summed E-state index contributed by atoms with van der Waals surface area (Å²) in [5, 5.41) is 0.701. The van der Waals surface area contributed by atoms with E-state index in [1.165, 1.54) is 11.1 Å². The first-order valence-electron chi connectivity index (χ1n) is 6.42. The van der Waals surface area contributed by atoms with Crippen molar-refractivity contribution in [3.8, 4) is 5.75 Å². The molecule has 2 atom stereocenters. The Hall–Kier alpha value is -1.51. The topological polar surface area (TPSA) is 35.2 Å². The van der Waals surface area contributed by atoms with Crippen molar-refractivity contribution in [2.45, 2.75) is 25.5 Å². The zero-order valence-corrected chi connectivity index (χ0v) is 11.5. The van der Waals surface area contributed by atoms with Gasteiger partial charge in [-0.1, -0.05) is 41.4 Å². The molecule has 3 rings (SSSR count). The lowest BCUT2D eigenvalue weighted by atomic mass is 9.93. The highest BCUT2D eigenvalue weighted by molar-refractivity contribution is 6.30. The zero-order chi connectivity index (χ0) is 13.4. The van der Waals surface area contributed by atoms with Crippen molar-refractivity contribution < 1.29 is 4.74 Å². The fourth-order valence-corrected chi connectivity index (χ4v) is 2.73. The molecule has 19 heavy (non-hydrogen) atoms. The third-order valence-corrected chi connectivity index (χ3v) is 3.76. The maximum atomic E-state index is 6.24. The number of nitrogens with two attached hydrogens (primary N) is 1. The molecule has 0 spiro atoms. The van der Waals surface area contributed by atoms with E-state index in [0.717, 1.165) is 17.7 Å². The SMILES string of the molecule is Cc1cccc(C2C[C@@H](N)c3cc(Cl)ccc3O2)c1. The smallest absolute Gasteiger partial charge is 0.126 e. The van der Waals surface area contributed by atoms with Crippen LogP contribution in [-0.2, 0) is 0 Å². The van der Waals surface area contributed by atoms with E-state index < -0.39 is 0 Å². The molecular weight excluding hydrogens is 258 g/mol. The number of aryl methyl sites for hydroxylation is 1. The molecule has 2 aromatic rings. The molecule has 0 saturated carbocycles. The van der Waals surface area contributed by atoms with Crippen LogP contribution >= 0.6 is 11.6 Å². The van der Waals surface area contributed by atoms with Gasteiger partial charge < -0.3 is 10.5 Å². The first-order valence-corrected chi connectivity index (χ1v) is 6.79. The van der Waals surface area contributed by atoms with Gasteiger partial charge in [-0.15, -0.1) is 0 Å². The van der Waals surface area contributed by atoms with Crippen molar-refractivity contribution in [3.63, 3.8) is 0 Å². The second-order valence-corrected chi connectivity index (χ2v) is 5.48. The van der Waals surface area contributed by atoms with Crippen LogP contribution in [0.3, 0.4) is 0 Å². The largest absolute Gasteiger partial charge is 0.485 e. The van der Waals surface area contributed by atoms with Gasteiger partial charge in [0.2, 0.25) is 0 Å². The highest BCUT2D eigenvalue weighted by Crippen LogP contribution is 2.40. The Morgan fingerprint density at radius 1 is 1.21 bits per heavy atom. The van der Waals surface area contributed by atoms with Crippen LogP contribution in [-0.4, -0.2) is 0 Å². The molecule has 0 aliphatic carbocycles. The van der Waals surface area contributed by atoms with Gasteiger partial charge in [0.1, 0.15) is 11.9 Å². The van der Waals surface area contributed by atoms with Gasteiger partial charge in [-0.25, -0.2) is 0 Å². The van der Waals surface area contributed by atoms with Crippen LogP contribution in [0.15, 0.2) is 42.5 Å². The quantitative estimate of drug-likeness (QED) is 0.846. The average molecular weight is 274 g/mol. The van der Waals surface area contributed by atoms with Crippen molar-refractivity contribution in [1.29, 1.82) is 0 Å². The van der Waals surface area contributed by atoms with E-state index in [4.69, 9.17) is 22.1 Å². The number of fused-ring (bicyclic) bond motifs is 1. The zero-order valence-electron chi connectivity index (χ0n) is 10.8. The molecule has 1 aliphatic heterocycles. The summed E-state index contributed by atoms with van der Waals surface area (Å²) in [5.74, 6) is 0.842. The van der Waals surface area contributed by atoms with Crippen LogP contribution in [0.5, 0.6) is 5.75 Å². The van der Waals surface area contributed by atoms with E-state index in [-0.39, 0.29) is 12.1 Å². The highest BCUT2D eigenvalue weighted by atomic mass is 35.5. The van der Waals surface area contributed by atoms with Gasteiger partial charge in [-0.3, -0.25) is 0 Å². The minimum Gasteiger partial charge on any atom is -0.485 e. The van der Waals surface area contributed by atoms with E-state index in [1.54, 1.807) is 0 Å². The normalized spacial score (nSPS) is 21.6. The first-order chi connectivity index (χ1) is 9.13. The summed E-state index contributed by atoms with van der Waals surface area (Å²) in [4.78, 5) is 0. The molecule has 0 saturated heterocycles. The summed E-state index contributed by atoms with van der Waals surface area (Å²) in [5.41, 5.74) is 9.65. The number of ether oxygens (including phenoxy) is 1. The molecule has 2 aromatic carbocycles. The van der Waals surface area contributed by atoms with Gasteiger partial charge in [0.25, 0.3) is 0 Å². The molecule has 1 heterocycles. The second-order valence-electron chi connectivity index (χ2n) is 5.04. The Kier molecular flexibility index (Phi) is 3.21. The summed E-state index contributed by atoms with van der Waals surface area (Å²) < 4.78 is 6.06. The van der Waals surface area contributed by atoms with Crippen LogP contribution < -0.4 is 10.5 Å². The molecule has 0 radical (unpaired) electrons. The maximum absolute atomic E-state index is 6.24. The van der Waals surface area contributed by atoms with Crippen LogP contribution in [0.2, 0.25) is 5.02 Å². The van der Waals surface area contributed by atoms with Crippen LogP contribution in [0.1, 0.15) is 35.3 Å². The molecule has 1 unspecified atom stereocenters. The Bertz CT molecular complexity index is 611. The Labute approximate surface area is 118 Å². The van der Waals surface area contributed by atoms with Gasteiger partial charge in [0.05, 0.1) is 0 Å². The van der Waals surface area contributed by atoms with Gasteiger partial charge in [0.15, 0.2) is 0 Å². The third-order valence-electron chi connectivity index (χ3n) is 3.52. The van der Waals surface area contributed by atoms with Crippen molar-refractivity contribution in [1.82, 2.24) is 0 Å². The number of benzene rings is 2. The molecule has 3 heteroatoms. The van der Waals surface area contributed by atoms with E-state index in [9.17, 15) is 0 Å². The summed E-state index contributed by atoms with van der Waals surface area (Å²) in [6.45, 7) is 2.08. The summed E-state index contributed by atoms with van der Waals surface area (Å²) in [6.07, 6.45) is 0.792. The lowest BCUT2D eigenvalue weighted by Gasteiger charge is -2.30. The predicted molar refractivity (Wildman–Crippen MR) is 77.5 cm³/mol. The first kappa shape index (κ1) is 12.5. The van der Waals surface area contributed by atoms with Gasteiger partial charge in [0, 0.05) is 23.0 Å². The van der Waals surface area contributed by atoms with Crippen LogP contribution in [0.4, 0.5) is 0 Å². The van der Waals surface area contributed by atoms with Crippen molar-refractivity contribution >= 4 is 11.6 Å². The average Bonchev–Trinajstić information content (AvgIpc) is 2.39. The van der Waals surface area contributed by atoms with Crippen molar-refractivity contribution in [3.05, 3.63) is 64.2 Å².